The van der Waals surface area contributed by atoms with Crippen molar-refractivity contribution in [2.24, 2.45) is 11.1 Å². The number of ether oxygens (including phenoxy) is 1. The maximum absolute atomic E-state index is 14.5. The molecule has 0 bridgehead atoms. The fourth-order valence-corrected chi connectivity index (χ4v) is 2.87. The van der Waals surface area contributed by atoms with Crippen LogP contribution in [0.25, 0.3) is 0 Å². The van der Waals surface area contributed by atoms with E-state index in [9.17, 15) is 14.0 Å². The maximum Gasteiger partial charge on any atom is 0.236 e. The second kappa shape index (κ2) is 6.96. The van der Waals surface area contributed by atoms with Gasteiger partial charge in [0.25, 0.3) is 0 Å². The van der Waals surface area contributed by atoms with Crippen molar-refractivity contribution in [2.45, 2.75) is 25.8 Å². The average Bonchev–Trinajstić information content (AvgIpc) is 3.39. The van der Waals surface area contributed by atoms with Crippen LogP contribution in [0.4, 0.5) is 4.39 Å². The fraction of sp³-hybridized carbons (Fsp3) is 0.263. The van der Waals surface area contributed by atoms with Gasteiger partial charge in [-0.3, -0.25) is 9.59 Å². The van der Waals surface area contributed by atoms with E-state index in [1.807, 2.05) is 0 Å². The van der Waals surface area contributed by atoms with E-state index in [1.165, 1.54) is 12.1 Å². The molecule has 1 aliphatic rings. The van der Waals surface area contributed by atoms with Gasteiger partial charge >= 0.3 is 0 Å². The highest BCUT2D eigenvalue weighted by atomic mass is 35.5. The first-order chi connectivity index (χ1) is 12.3. The van der Waals surface area contributed by atoms with Crippen LogP contribution in [0.5, 0.6) is 11.5 Å². The number of hydrogen-bond acceptors (Lipinski definition) is 3. The zero-order chi connectivity index (χ0) is 18.9. The molecule has 0 spiro atoms. The Labute approximate surface area is 155 Å². The number of amides is 2. The van der Waals surface area contributed by atoms with Crippen LogP contribution in [0, 0.1) is 11.2 Å². The van der Waals surface area contributed by atoms with Gasteiger partial charge in [0.2, 0.25) is 11.8 Å². The van der Waals surface area contributed by atoms with Crippen molar-refractivity contribution in [1.29, 1.82) is 0 Å². The first-order valence-electron chi connectivity index (χ1n) is 8.16. The van der Waals surface area contributed by atoms with Crippen molar-refractivity contribution in [3.63, 3.8) is 0 Å². The monoisotopic (exact) mass is 376 g/mol. The highest BCUT2D eigenvalue weighted by molar-refractivity contribution is 6.32. The summed E-state index contributed by atoms with van der Waals surface area (Å²) < 4.78 is 20.1. The molecule has 26 heavy (non-hydrogen) atoms. The normalized spacial score (nSPS) is 15.8. The number of nitrogens with one attached hydrogen (secondary N) is 1. The van der Waals surface area contributed by atoms with E-state index in [0.29, 0.717) is 23.6 Å². The molecule has 2 aromatic rings. The second-order valence-electron chi connectivity index (χ2n) is 6.36. The Morgan fingerprint density at radius 1 is 1.27 bits per heavy atom. The lowest BCUT2D eigenvalue weighted by Crippen LogP contribution is -2.41. The van der Waals surface area contributed by atoms with Gasteiger partial charge in [-0.05, 0) is 38.0 Å². The van der Waals surface area contributed by atoms with Gasteiger partial charge in [0.05, 0.1) is 11.1 Å². The van der Waals surface area contributed by atoms with Crippen molar-refractivity contribution in [3.05, 3.63) is 58.9 Å². The summed E-state index contributed by atoms with van der Waals surface area (Å²) in [4.78, 5) is 23.7. The summed E-state index contributed by atoms with van der Waals surface area (Å²) in [6.45, 7) is 1.64. The molecule has 0 heterocycles. The molecule has 5 nitrogen and oxygen atoms in total. The molecule has 0 aliphatic heterocycles. The second-order valence-corrected chi connectivity index (χ2v) is 6.76. The number of primary amides is 1. The van der Waals surface area contributed by atoms with Gasteiger partial charge in [0, 0.05) is 11.6 Å². The Kier molecular flexibility index (Phi) is 4.87. The summed E-state index contributed by atoms with van der Waals surface area (Å²) in [7, 11) is 0. The van der Waals surface area contributed by atoms with Gasteiger partial charge in [-0.2, -0.15) is 0 Å². The molecule has 7 heteroatoms. The molecule has 3 rings (SSSR count). The molecule has 1 saturated carbocycles. The zero-order valence-corrected chi connectivity index (χ0v) is 14.8. The number of halogens is 2. The van der Waals surface area contributed by atoms with E-state index in [2.05, 4.69) is 5.32 Å². The summed E-state index contributed by atoms with van der Waals surface area (Å²) in [6.07, 6.45) is 0.849. The van der Waals surface area contributed by atoms with Crippen molar-refractivity contribution >= 4 is 23.4 Å². The predicted octanol–water partition coefficient (Wildman–Crippen LogP) is 3.71. The smallest absolute Gasteiger partial charge is 0.236 e. The molecule has 2 aromatic carbocycles. The summed E-state index contributed by atoms with van der Waals surface area (Å²) in [5.41, 5.74) is 4.42. The molecular weight excluding hydrogens is 359 g/mol. The summed E-state index contributed by atoms with van der Waals surface area (Å²) >= 11 is 6.02. The number of para-hydroxylation sites is 1. The number of benzene rings is 2. The Hall–Kier alpha value is -2.60. The lowest BCUT2D eigenvalue weighted by Gasteiger charge is -2.19. The average molecular weight is 377 g/mol. The van der Waals surface area contributed by atoms with Gasteiger partial charge in [0.15, 0.2) is 0 Å². The van der Waals surface area contributed by atoms with Crippen LogP contribution in [0.15, 0.2) is 42.5 Å². The van der Waals surface area contributed by atoms with Gasteiger partial charge in [-0.1, -0.05) is 29.8 Å². The Morgan fingerprint density at radius 3 is 2.54 bits per heavy atom. The predicted molar refractivity (Wildman–Crippen MR) is 95.3 cm³/mol. The van der Waals surface area contributed by atoms with Crippen LogP contribution >= 0.6 is 11.6 Å². The maximum atomic E-state index is 14.5. The van der Waals surface area contributed by atoms with Crippen LogP contribution in [0.2, 0.25) is 5.02 Å². The molecule has 136 valence electrons. The third kappa shape index (κ3) is 3.51. The minimum Gasteiger partial charge on any atom is -0.456 e. The number of rotatable bonds is 6. The lowest BCUT2D eigenvalue weighted by atomic mass is 10.0. The van der Waals surface area contributed by atoms with Gasteiger partial charge in [0.1, 0.15) is 22.7 Å². The summed E-state index contributed by atoms with van der Waals surface area (Å²) in [6, 6.07) is 10.6. The first kappa shape index (κ1) is 18.2. The van der Waals surface area contributed by atoms with Gasteiger partial charge in [-0.15, -0.1) is 0 Å². The topological polar surface area (TPSA) is 81.4 Å². The van der Waals surface area contributed by atoms with Crippen molar-refractivity contribution in [1.82, 2.24) is 5.32 Å². The van der Waals surface area contributed by atoms with Crippen LogP contribution in [0.1, 0.15) is 31.4 Å². The largest absolute Gasteiger partial charge is 0.456 e. The summed E-state index contributed by atoms with van der Waals surface area (Å²) in [5, 5.41) is 3.07. The number of hydrogen-bond donors (Lipinski definition) is 2. The van der Waals surface area contributed by atoms with E-state index in [-0.39, 0.29) is 11.3 Å². The van der Waals surface area contributed by atoms with Crippen LogP contribution in [-0.4, -0.2) is 11.8 Å². The molecule has 1 fully saturated rings. The Morgan fingerprint density at radius 2 is 1.96 bits per heavy atom. The van der Waals surface area contributed by atoms with Crippen molar-refractivity contribution in [3.8, 4) is 11.5 Å². The van der Waals surface area contributed by atoms with Crippen LogP contribution < -0.4 is 15.8 Å². The quantitative estimate of drug-likeness (QED) is 0.754. The first-order valence-corrected chi connectivity index (χ1v) is 8.54. The highest BCUT2D eigenvalue weighted by Crippen LogP contribution is 2.46. The van der Waals surface area contributed by atoms with Gasteiger partial charge in [-0.25, -0.2) is 4.39 Å². The molecular formula is C19H18ClFN2O3. The van der Waals surface area contributed by atoms with E-state index in [4.69, 9.17) is 22.1 Å². The van der Waals surface area contributed by atoms with Crippen molar-refractivity contribution in [2.75, 3.05) is 0 Å². The van der Waals surface area contributed by atoms with E-state index < -0.39 is 29.1 Å². The zero-order valence-electron chi connectivity index (χ0n) is 14.1. The Balaban J connectivity index is 1.72. The third-order valence-corrected chi connectivity index (χ3v) is 4.82. The minimum atomic E-state index is -1.14. The molecule has 0 saturated heterocycles. The molecule has 0 radical (unpaired) electrons. The third-order valence-electron chi connectivity index (χ3n) is 4.51. The minimum absolute atomic E-state index is 0.283. The van der Waals surface area contributed by atoms with Gasteiger partial charge < -0.3 is 15.8 Å². The Bertz CT molecular complexity index is 868. The van der Waals surface area contributed by atoms with E-state index in [0.717, 1.165) is 0 Å². The fourth-order valence-electron chi connectivity index (χ4n) is 2.70. The standard InChI is InChI=1S/C19H18ClFN2O3/c1-11(23-18(25)19(8-9-19)17(22)24)13-7-6-12(10-15(13)21)26-16-5-3-2-4-14(16)20/h2-7,10-11H,8-9H2,1H3,(H2,22,24)(H,23,25). The number of carbonyl (C=O) groups is 2. The molecule has 1 atom stereocenters. The van der Waals surface area contributed by atoms with E-state index in [1.54, 1.807) is 37.3 Å². The molecule has 2 amide bonds. The number of carbonyl (C=O) groups excluding carboxylic acids is 2. The number of nitrogens with two attached hydrogens (primary N) is 1. The van der Waals surface area contributed by atoms with Crippen LogP contribution in [-0.2, 0) is 9.59 Å². The molecule has 3 N–H and O–H groups in total. The summed E-state index contributed by atoms with van der Waals surface area (Å²) in [5.74, 6) is -0.945. The molecule has 0 aromatic heterocycles. The van der Waals surface area contributed by atoms with Crippen LogP contribution in [0.3, 0.4) is 0 Å². The SMILES string of the molecule is CC(NC(=O)C1(C(N)=O)CC1)c1ccc(Oc2ccccc2Cl)cc1F. The molecule has 1 aliphatic carbocycles. The lowest BCUT2D eigenvalue weighted by molar-refractivity contribution is -0.135. The molecule has 1 unspecified atom stereocenters. The van der Waals surface area contributed by atoms with Crippen molar-refractivity contribution < 1.29 is 18.7 Å². The van der Waals surface area contributed by atoms with E-state index >= 15 is 0 Å². The highest BCUT2D eigenvalue weighted by Gasteiger charge is 2.55.